The van der Waals surface area contributed by atoms with Crippen LogP contribution in [0.5, 0.6) is 11.5 Å². The molecule has 0 bridgehead atoms. The van der Waals surface area contributed by atoms with Crippen molar-refractivity contribution in [2.24, 2.45) is 14.1 Å². The highest BCUT2D eigenvalue weighted by atomic mass is 16.4. The summed E-state index contributed by atoms with van der Waals surface area (Å²) in [5, 5.41) is 10.9. The predicted octanol–water partition coefficient (Wildman–Crippen LogP) is 2.62. The number of pyridine rings is 2. The third kappa shape index (κ3) is 4.77. The maximum atomic E-state index is 6.70. The molecule has 4 aromatic heterocycles. The minimum absolute atomic E-state index is 0.405. The molecule has 8 nitrogen and oxygen atoms in total. The van der Waals surface area contributed by atoms with Gasteiger partial charge in [0.25, 0.3) is 0 Å². The molecule has 7 aromatic rings. The third-order valence-electron chi connectivity index (χ3n) is 7.48. The van der Waals surface area contributed by atoms with Crippen molar-refractivity contribution in [3.05, 3.63) is 122 Å². The Hall–Kier alpha value is -5.37. The molecule has 0 fully saturated rings. The normalized spacial score (nSPS) is 11.1. The van der Waals surface area contributed by atoms with E-state index < -0.39 is 13.8 Å². The average molecular weight is 548 g/mol. The zero-order valence-corrected chi connectivity index (χ0v) is 23.2. The Morgan fingerprint density at radius 3 is 1.33 bits per heavy atom. The van der Waals surface area contributed by atoms with E-state index in [0.29, 0.717) is 11.5 Å². The maximum Gasteiger partial charge on any atom is 0.445 e. The molecule has 202 valence electrons. The molecule has 0 saturated heterocycles. The lowest BCUT2D eigenvalue weighted by Crippen LogP contribution is -2.53. The van der Waals surface area contributed by atoms with Gasteiger partial charge in [-0.05, 0) is 47.3 Å². The standard InChI is InChI=1S/C32H26B2N6O2/c1-39-29(17-21-37-39)33(41-27-11-3-7-23-9-5-19-35-31(23)27)25-13-15-26(16-14-25)34(30-18-22-38-40(30)2)42-28-12-4-8-24-10-6-20-36-32(24)28/h3-22H,1-2H3. The van der Waals surface area contributed by atoms with Crippen LogP contribution in [0.3, 0.4) is 0 Å². The predicted molar refractivity (Wildman–Crippen MR) is 168 cm³/mol. The maximum absolute atomic E-state index is 6.70. The number of rotatable bonds is 8. The highest BCUT2D eigenvalue weighted by molar-refractivity contribution is 6.81. The van der Waals surface area contributed by atoms with Gasteiger partial charge < -0.3 is 9.31 Å². The van der Waals surface area contributed by atoms with E-state index in [1.165, 1.54) is 0 Å². The molecule has 0 unspecified atom stereocenters. The summed E-state index contributed by atoms with van der Waals surface area (Å²) in [6.45, 7) is -0.810. The topological polar surface area (TPSA) is 79.9 Å². The largest absolute Gasteiger partial charge is 0.549 e. The molecule has 0 atom stereocenters. The lowest BCUT2D eigenvalue weighted by molar-refractivity contribution is 0.591. The summed E-state index contributed by atoms with van der Waals surface area (Å²) >= 11 is 0. The van der Waals surface area contributed by atoms with Crippen LogP contribution in [0.25, 0.3) is 21.8 Å². The summed E-state index contributed by atoms with van der Waals surface area (Å²) in [4.78, 5) is 9.18. The Bertz CT molecular complexity index is 1850. The number of fused-ring (bicyclic) bond motifs is 2. The fourth-order valence-electron chi connectivity index (χ4n) is 5.32. The van der Waals surface area contributed by atoms with Gasteiger partial charge in [0.1, 0.15) is 22.5 Å². The van der Waals surface area contributed by atoms with E-state index >= 15 is 0 Å². The SMILES string of the molecule is Cn1nccc1B(Oc1cccc2cccnc12)c1ccc(B(Oc2cccc3cccnc23)c2ccnn2C)cc1. The van der Waals surface area contributed by atoms with E-state index in [1.54, 1.807) is 24.8 Å². The number of aryl methyl sites for hydroxylation is 2. The highest BCUT2D eigenvalue weighted by Gasteiger charge is 2.31. The number of hydrogen-bond donors (Lipinski definition) is 0. The highest BCUT2D eigenvalue weighted by Crippen LogP contribution is 2.24. The molecular formula is C32H26B2N6O2. The molecule has 3 aromatic carbocycles. The Balaban J connectivity index is 1.27. The van der Waals surface area contributed by atoms with E-state index in [4.69, 9.17) is 9.31 Å². The van der Waals surface area contributed by atoms with E-state index in [1.807, 2.05) is 96.3 Å². The molecular weight excluding hydrogens is 522 g/mol. The Morgan fingerprint density at radius 2 is 0.929 bits per heavy atom. The Kier molecular flexibility index (Phi) is 6.64. The molecule has 0 N–H and O–H groups in total. The molecule has 10 heteroatoms. The van der Waals surface area contributed by atoms with Gasteiger partial charge in [-0.1, -0.05) is 60.7 Å². The van der Waals surface area contributed by atoms with Crippen LogP contribution in [-0.4, -0.2) is 43.4 Å². The molecule has 0 spiro atoms. The summed E-state index contributed by atoms with van der Waals surface area (Å²) < 4.78 is 17.1. The van der Waals surface area contributed by atoms with Crippen LogP contribution in [-0.2, 0) is 14.1 Å². The zero-order valence-electron chi connectivity index (χ0n) is 23.2. The summed E-state index contributed by atoms with van der Waals surface area (Å²) in [6, 6.07) is 32.2. The van der Waals surface area contributed by atoms with Gasteiger partial charge in [-0.3, -0.25) is 19.3 Å². The summed E-state index contributed by atoms with van der Waals surface area (Å²) in [5.74, 6) is 1.42. The quantitative estimate of drug-likeness (QED) is 0.272. The first-order valence-corrected chi connectivity index (χ1v) is 13.7. The van der Waals surface area contributed by atoms with Crippen molar-refractivity contribution in [1.29, 1.82) is 0 Å². The number of aromatic nitrogens is 6. The van der Waals surface area contributed by atoms with E-state index in [-0.39, 0.29) is 0 Å². The first-order chi connectivity index (χ1) is 20.7. The van der Waals surface area contributed by atoms with Gasteiger partial charge in [0.2, 0.25) is 0 Å². The lowest BCUT2D eigenvalue weighted by atomic mass is 9.54. The number of para-hydroxylation sites is 2. The van der Waals surface area contributed by atoms with Crippen molar-refractivity contribution in [1.82, 2.24) is 29.5 Å². The second kappa shape index (κ2) is 10.9. The molecule has 0 aliphatic rings. The van der Waals surface area contributed by atoms with Gasteiger partial charge >= 0.3 is 13.8 Å². The van der Waals surface area contributed by atoms with Gasteiger partial charge in [0, 0.05) is 49.7 Å². The number of nitrogens with zero attached hydrogens (tertiary/aromatic N) is 6. The second-order valence-corrected chi connectivity index (χ2v) is 10.1. The Labute approximate surface area is 243 Å². The number of hydrogen-bond acceptors (Lipinski definition) is 6. The minimum Gasteiger partial charge on any atom is -0.549 e. The third-order valence-corrected chi connectivity index (χ3v) is 7.48. The first kappa shape index (κ1) is 25.6. The van der Waals surface area contributed by atoms with Crippen molar-refractivity contribution < 1.29 is 9.31 Å². The van der Waals surface area contributed by atoms with Crippen LogP contribution >= 0.6 is 0 Å². The van der Waals surface area contributed by atoms with Crippen LogP contribution < -0.4 is 31.4 Å². The second-order valence-electron chi connectivity index (χ2n) is 10.1. The zero-order chi connectivity index (χ0) is 28.5. The van der Waals surface area contributed by atoms with E-state index in [0.717, 1.165) is 43.9 Å². The lowest BCUT2D eigenvalue weighted by Gasteiger charge is -2.20. The molecule has 7 rings (SSSR count). The van der Waals surface area contributed by atoms with Gasteiger partial charge in [-0.15, -0.1) is 0 Å². The average Bonchev–Trinajstić information content (AvgIpc) is 3.66. The van der Waals surface area contributed by atoms with Crippen molar-refractivity contribution in [2.75, 3.05) is 0 Å². The van der Waals surface area contributed by atoms with Crippen molar-refractivity contribution in [2.45, 2.75) is 0 Å². The van der Waals surface area contributed by atoms with Gasteiger partial charge in [0.05, 0.1) is 11.2 Å². The molecule has 0 aliphatic carbocycles. The van der Waals surface area contributed by atoms with Crippen molar-refractivity contribution in [3.63, 3.8) is 0 Å². The van der Waals surface area contributed by atoms with Crippen LogP contribution in [0.2, 0.25) is 0 Å². The van der Waals surface area contributed by atoms with Gasteiger partial charge in [-0.25, -0.2) is 0 Å². The number of benzene rings is 3. The molecule has 0 amide bonds. The molecule has 0 saturated carbocycles. The van der Waals surface area contributed by atoms with Gasteiger partial charge in [-0.2, -0.15) is 10.2 Å². The molecule has 0 aliphatic heterocycles. The van der Waals surface area contributed by atoms with Crippen LogP contribution in [0.1, 0.15) is 0 Å². The van der Waals surface area contributed by atoms with Crippen molar-refractivity contribution in [3.8, 4) is 11.5 Å². The monoisotopic (exact) mass is 548 g/mol. The molecule has 0 radical (unpaired) electrons. The summed E-state index contributed by atoms with van der Waals surface area (Å²) in [5.41, 5.74) is 5.44. The van der Waals surface area contributed by atoms with Crippen molar-refractivity contribution >= 4 is 57.7 Å². The van der Waals surface area contributed by atoms with Gasteiger partial charge in [0.15, 0.2) is 0 Å². The van der Waals surface area contributed by atoms with E-state index in [2.05, 4.69) is 44.4 Å². The molecule has 4 heterocycles. The van der Waals surface area contributed by atoms with Crippen LogP contribution in [0.4, 0.5) is 0 Å². The fourth-order valence-corrected chi connectivity index (χ4v) is 5.32. The van der Waals surface area contributed by atoms with Crippen LogP contribution in [0, 0.1) is 0 Å². The molecule has 42 heavy (non-hydrogen) atoms. The first-order valence-electron chi connectivity index (χ1n) is 13.7. The summed E-state index contributed by atoms with van der Waals surface area (Å²) in [7, 11) is 3.85. The fraction of sp³-hybridized carbons (Fsp3) is 0.0625. The minimum atomic E-state index is -0.405. The summed E-state index contributed by atoms with van der Waals surface area (Å²) in [6.07, 6.45) is 7.14. The van der Waals surface area contributed by atoms with E-state index in [9.17, 15) is 0 Å². The van der Waals surface area contributed by atoms with Crippen LogP contribution in [0.15, 0.2) is 122 Å². The smallest absolute Gasteiger partial charge is 0.445 e. The Morgan fingerprint density at radius 1 is 0.500 bits per heavy atom.